The van der Waals surface area contributed by atoms with Gasteiger partial charge < -0.3 is 5.11 Å². The number of benzene rings is 3. The van der Waals surface area contributed by atoms with Gasteiger partial charge in [0.15, 0.2) is 6.17 Å². The normalized spacial score (nSPS) is 15.6. The highest BCUT2D eigenvalue weighted by Gasteiger charge is 2.37. The van der Waals surface area contributed by atoms with E-state index in [-0.39, 0.29) is 17.0 Å². The van der Waals surface area contributed by atoms with Crippen LogP contribution in [-0.2, 0) is 6.18 Å². The third-order valence-corrected chi connectivity index (χ3v) is 6.55. The Morgan fingerprint density at radius 3 is 2.14 bits per heavy atom. The van der Waals surface area contributed by atoms with Crippen molar-refractivity contribution in [2.45, 2.75) is 38.2 Å². The molecule has 5 rings (SSSR count). The number of pyridine rings is 1. The van der Waals surface area contributed by atoms with E-state index in [1.807, 2.05) is 26.0 Å². The summed E-state index contributed by atoms with van der Waals surface area (Å²) in [6.45, 7) is 3.70. The van der Waals surface area contributed by atoms with Crippen LogP contribution in [0, 0.1) is 5.82 Å². The third kappa shape index (κ3) is 3.97. The first-order valence-corrected chi connectivity index (χ1v) is 11.5. The first-order valence-electron chi connectivity index (χ1n) is 11.5. The number of nitrogens with zero attached hydrogens (tertiary/aromatic N) is 1. The molecule has 0 amide bonds. The number of aliphatic hydroxyl groups is 1. The van der Waals surface area contributed by atoms with Crippen LogP contribution in [-0.4, -0.2) is 10.1 Å². The largest absolute Gasteiger partial charge is 0.416 e. The Balaban J connectivity index is 1.80. The molecule has 0 saturated heterocycles. The van der Waals surface area contributed by atoms with Crippen LogP contribution < -0.4 is 0 Å². The van der Waals surface area contributed by atoms with Crippen molar-refractivity contribution in [2.24, 2.45) is 0 Å². The molecule has 1 heterocycles. The lowest BCUT2D eigenvalue weighted by atomic mass is 9.85. The summed E-state index contributed by atoms with van der Waals surface area (Å²) in [6, 6.07) is 16.7. The summed E-state index contributed by atoms with van der Waals surface area (Å²) >= 11 is 0. The molecule has 0 spiro atoms. The van der Waals surface area contributed by atoms with Crippen LogP contribution in [0.2, 0.25) is 0 Å². The minimum Gasteiger partial charge on any atom is -0.384 e. The van der Waals surface area contributed by atoms with Crippen molar-refractivity contribution in [3.05, 3.63) is 112 Å². The average Bonchev–Trinajstić information content (AvgIpc) is 3.14. The molecular weight excluding hydrogens is 473 g/mol. The number of alkyl halides is 4. The predicted molar refractivity (Wildman–Crippen MR) is 128 cm³/mol. The van der Waals surface area contributed by atoms with Crippen LogP contribution in [0.1, 0.15) is 65.6 Å². The van der Waals surface area contributed by atoms with E-state index in [9.17, 15) is 22.7 Å². The molecule has 1 aliphatic carbocycles. The van der Waals surface area contributed by atoms with E-state index in [1.165, 1.54) is 24.3 Å². The standard InChI is InChI=1S/C29H22F5NO/c1-15(2)26-23(25(31)17-7-11-18(12-8-17)29(32,33)34)22(16-9-13-19(30)14-10-16)24-27(35-26)20-5-3-4-6-21(20)28(24)36/h3-15,25,28,36H,1-2H3. The van der Waals surface area contributed by atoms with Gasteiger partial charge in [-0.25, -0.2) is 8.78 Å². The number of aliphatic hydroxyl groups excluding tert-OH is 1. The van der Waals surface area contributed by atoms with E-state index in [0.717, 1.165) is 29.8 Å². The smallest absolute Gasteiger partial charge is 0.384 e. The van der Waals surface area contributed by atoms with Gasteiger partial charge in [0.2, 0.25) is 0 Å². The van der Waals surface area contributed by atoms with Gasteiger partial charge in [0.25, 0.3) is 0 Å². The molecule has 0 saturated carbocycles. The van der Waals surface area contributed by atoms with Gasteiger partial charge in [-0.1, -0.05) is 62.4 Å². The van der Waals surface area contributed by atoms with E-state index < -0.39 is 29.8 Å². The van der Waals surface area contributed by atoms with Crippen LogP contribution >= 0.6 is 0 Å². The van der Waals surface area contributed by atoms with Crippen LogP contribution in [0.3, 0.4) is 0 Å². The van der Waals surface area contributed by atoms with E-state index in [4.69, 9.17) is 4.98 Å². The fourth-order valence-corrected chi connectivity index (χ4v) is 4.84. The Kier molecular flexibility index (Phi) is 5.91. The molecule has 2 nitrogen and oxygen atoms in total. The average molecular weight is 495 g/mol. The fraction of sp³-hybridized carbons (Fsp3) is 0.207. The summed E-state index contributed by atoms with van der Waals surface area (Å²) in [5.74, 6) is -0.722. The van der Waals surface area contributed by atoms with Crippen LogP contribution in [0.25, 0.3) is 22.4 Å². The van der Waals surface area contributed by atoms with Gasteiger partial charge in [-0.3, -0.25) is 4.98 Å². The highest BCUT2D eigenvalue weighted by Crippen LogP contribution is 2.51. The van der Waals surface area contributed by atoms with Crippen LogP contribution in [0.15, 0.2) is 72.8 Å². The number of fused-ring (bicyclic) bond motifs is 3. The Labute approximate surface area is 205 Å². The number of hydrogen-bond acceptors (Lipinski definition) is 2. The third-order valence-electron chi connectivity index (χ3n) is 6.55. The lowest BCUT2D eigenvalue weighted by Gasteiger charge is -2.24. The topological polar surface area (TPSA) is 33.1 Å². The highest BCUT2D eigenvalue weighted by atomic mass is 19.4. The van der Waals surface area contributed by atoms with Gasteiger partial charge in [0, 0.05) is 16.7 Å². The maximum atomic E-state index is 16.4. The van der Waals surface area contributed by atoms with Crippen molar-refractivity contribution < 1.29 is 27.1 Å². The molecule has 36 heavy (non-hydrogen) atoms. The first kappa shape index (κ1) is 24.1. The second-order valence-corrected chi connectivity index (χ2v) is 9.18. The SMILES string of the molecule is CC(C)c1nc2c(c(-c3ccc(F)cc3)c1C(F)c1ccc(C(F)(F)F)cc1)C(O)c1ccccc1-2. The number of aromatic nitrogens is 1. The minimum absolute atomic E-state index is 0.0278. The Morgan fingerprint density at radius 2 is 1.53 bits per heavy atom. The Hall–Kier alpha value is -3.58. The van der Waals surface area contributed by atoms with Gasteiger partial charge >= 0.3 is 6.18 Å². The van der Waals surface area contributed by atoms with E-state index in [1.54, 1.807) is 12.1 Å². The van der Waals surface area contributed by atoms with E-state index >= 15 is 4.39 Å². The van der Waals surface area contributed by atoms with E-state index in [2.05, 4.69) is 0 Å². The molecule has 1 aliphatic rings. The summed E-state index contributed by atoms with van der Waals surface area (Å²) in [6.07, 6.45) is -7.47. The number of halogens is 5. The molecule has 0 aliphatic heterocycles. The molecule has 1 N–H and O–H groups in total. The number of rotatable bonds is 4. The summed E-state index contributed by atoms with van der Waals surface area (Å²) in [4.78, 5) is 4.80. The summed E-state index contributed by atoms with van der Waals surface area (Å²) < 4.78 is 69.5. The summed E-state index contributed by atoms with van der Waals surface area (Å²) in [5, 5.41) is 11.3. The van der Waals surface area contributed by atoms with Crippen molar-refractivity contribution in [2.75, 3.05) is 0 Å². The molecule has 4 aromatic rings. The quantitative estimate of drug-likeness (QED) is 0.290. The molecule has 2 unspecified atom stereocenters. The second-order valence-electron chi connectivity index (χ2n) is 9.18. The highest BCUT2D eigenvalue weighted by molar-refractivity contribution is 5.86. The van der Waals surface area contributed by atoms with Crippen LogP contribution in [0.5, 0.6) is 0 Å². The maximum absolute atomic E-state index is 16.4. The lowest BCUT2D eigenvalue weighted by Crippen LogP contribution is -2.12. The van der Waals surface area contributed by atoms with Gasteiger partial charge in [-0.15, -0.1) is 0 Å². The molecule has 7 heteroatoms. The van der Waals surface area contributed by atoms with Gasteiger partial charge in [-0.05, 0) is 52.4 Å². The summed E-state index contributed by atoms with van der Waals surface area (Å²) in [5.41, 5.74) is 2.85. The zero-order valence-electron chi connectivity index (χ0n) is 19.4. The minimum atomic E-state index is -4.54. The molecule has 3 aromatic carbocycles. The second kappa shape index (κ2) is 8.82. The fourth-order valence-electron chi connectivity index (χ4n) is 4.84. The molecular formula is C29H22F5NO. The lowest BCUT2D eigenvalue weighted by molar-refractivity contribution is -0.137. The first-order chi connectivity index (χ1) is 17.1. The molecule has 184 valence electrons. The van der Waals surface area contributed by atoms with Gasteiger partial charge in [-0.2, -0.15) is 13.2 Å². The Morgan fingerprint density at radius 1 is 0.889 bits per heavy atom. The molecule has 0 bridgehead atoms. The molecule has 2 atom stereocenters. The van der Waals surface area contributed by atoms with Gasteiger partial charge in [0.1, 0.15) is 11.9 Å². The molecule has 0 fully saturated rings. The molecule has 0 radical (unpaired) electrons. The van der Waals surface area contributed by atoms with Crippen molar-refractivity contribution in [1.29, 1.82) is 0 Å². The predicted octanol–water partition coefficient (Wildman–Crippen LogP) is 8.15. The molecule has 1 aromatic heterocycles. The summed E-state index contributed by atoms with van der Waals surface area (Å²) in [7, 11) is 0. The van der Waals surface area contributed by atoms with Crippen molar-refractivity contribution in [3.8, 4) is 22.4 Å². The van der Waals surface area contributed by atoms with Crippen molar-refractivity contribution in [3.63, 3.8) is 0 Å². The van der Waals surface area contributed by atoms with Gasteiger partial charge in [0.05, 0.1) is 17.0 Å². The van der Waals surface area contributed by atoms with Crippen LogP contribution in [0.4, 0.5) is 22.0 Å². The zero-order chi connectivity index (χ0) is 25.8. The number of hydrogen-bond donors (Lipinski definition) is 1. The monoisotopic (exact) mass is 495 g/mol. The zero-order valence-corrected chi connectivity index (χ0v) is 19.4. The van der Waals surface area contributed by atoms with Crippen molar-refractivity contribution in [1.82, 2.24) is 4.98 Å². The Bertz CT molecular complexity index is 1430. The van der Waals surface area contributed by atoms with Crippen molar-refractivity contribution >= 4 is 0 Å². The maximum Gasteiger partial charge on any atom is 0.416 e. The van der Waals surface area contributed by atoms with E-state index in [0.29, 0.717) is 33.6 Å².